The molecule has 5 heteroatoms. The summed E-state index contributed by atoms with van der Waals surface area (Å²) in [6, 6.07) is 0. The number of fused-ring (bicyclic) bond motifs is 1. The Hall–Kier alpha value is -0.980. The maximum Gasteiger partial charge on any atom is 0.114 e. The van der Waals surface area contributed by atoms with Crippen molar-refractivity contribution in [1.82, 2.24) is 0 Å². The highest BCUT2D eigenvalue weighted by Crippen LogP contribution is 2.60. The molecule has 0 aromatic heterocycles. The summed E-state index contributed by atoms with van der Waals surface area (Å²) in [5.74, 6) is 1.98. The van der Waals surface area contributed by atoms with Crippen LogP contribution in [0.3, 0.4) is 0 Å². The summed E-state index contributed by atoms with van der Waals surface area (Å²) in [7, 11) is 0. The van der Waals surface area contributed by atoms with Crippen LogP contribution in [-0.4, -0.2) is 57.6 Å². The van der Waals surface area contributed by atoms with Gasteiger partial charge in [-0.2, -0.15) is 0 Å². The lowest BCUT2D eigenvalue weighted by Crippen LogP contribution is -2.45. The average Bonchev–Trinajstić information content (AvgIpc) is 3.14. The second kappa shape index (κ2) is 12.0. The molecule has 3 aliphatic carbocycles. The van der Waals surface area contributed by atoms with Crippen LogP contribution in [0.2, 0.25) is 0 Å². The van der Waals surface area contributed by atoms with Gasteiger partial charge in [0.15, 0.2) is 0 Å². The van der Waals surface area contributed by atoms with Crippen molar-refractivity contribution in [3.8, 4) is 0 Å². The van der Waals surface area contributed by atoms with Crippen molar-refractivity contribution in [2.75, 3.05) is 13.2 Å². The van der Waals surface area contributed by atoms with E-state index in [-0.39, 0.29) is 6.61 Å². The summed E-state index contributed by atoms with van der Waals surface area (Å²) in [4.78, 5) is 0. The second-order valence-electron chi connectivity index (χ2n) is 12.4. The molecule has 0 aliphatic heterocycles. The predicted molar refractivity (Wildman–Crippen MR) is 141 cm³/mol. The summed E-state index contributed by atoms with van der Waals surface area (Å²) in [6.45, 7) is 13.2. The zero-order valence-corrected chi connectivity index (χ0v) is 22.5. The van der Waals surface area contributed by atoms with Crippen LogP contribution in [-0.2, 0) is 4.74 Å². The Morgan fingerprint density at radius 3 is 2.63 bits per heavy atom. The molecule has 0 saturated heterocycles. The Morgan fingerprint density at radius 2 is 1.94 bits per heavy atom. The predicted octanol–water partition coefficient (Wildman–Crippen LogP) is 5.08. The fraction of sp³-hybridized carbons (Fsp3) is 0.800. The normalized spacial score (nSPS) is 37.1. The number of ether oxygens (including phenoxy) is 1. The lowest BCUT2D eigenvalue weighted by atomic mass is 9.60. The standard InChI is InChI=1S/C30H50O5/c1-20(9-6-15-29(3,4)34)24-13-14-25-22(10-7-16-30(24,25)5)11-12-23-19-26(32)28(27(33)21(23)2)35-18-8-17-31/h11-12,20,24-28,31-34H,2,6-10,13-19H2,1,3-5H3/b22-11+,23-12?/t20-,24-,25+,26+,27+,28+,30-/m1/s1. The molecule has 35 heavy (non-hydrogen) atoms. The molecule has 3 saturated carbocycles. The van der Waals surface area contributed by atoms with Crippen LogP contribution in [0.1, 0.15) is 91.9 Å². The minimum atomic E-state index is -0.931. The zero-order valence-electron chi connectivity index (χ0n) is 22.5. The molecule has 7 atom stereocenters. The first kappa shape index (κ1) is 28.6. The van der Waals surface area contributed by atoms with Crippen molar-refractivity contribution < 1.29 is 25.2 Å². The monoisotopic (exact) mass is 490 g/mol. The Bertz CT molecular complexity index is 778. The van der Waals surface area contributed by atoms with E-state index in [4.69, 9.17) is 9.84 Å². The first-order valence-corrected chi connectivity index (χ1v) is 13.9. The molecule has 3 rings (SSSR count). The van der Waals surface area contributed by atoms with Crippen molar-refractivity contribution in [2.24, 2.45) is 23.2 Å². The van der Waals surface area contributed by atoms with E-state index in [0.717, 1.165) is 30.8 Å². The number of aliphatic hydroxyl groups excluding tert-OH is 3. The Kier molecular flexibility index (Phi) is 9.84. The minimum Gasteiger partial charge on any atom is -0.396 e. The molecular formula is C30H50O5. The summed E-state index contributed by atoms with van der Waals surface area (Å²) in [6.07, 6.45) is 12.1. The number of hydrogen-bond acceptors (Lipinski definition) is 5. The first-order valence-electron chi connectivity index (χ1n) is 13.9. The molecule has 3 fully saturated rings. The van der Waals surface area contributed by atoms with E-state index in [2.05, 4.69) is 32.6 Å². The minimum absolute atomic E-state index is 0.0269. The van der Waals surface area contributed by atoms with E-state index in [1.165, 1.54) is 37.7 Å². The third-order valence-corrected chi connectivity index (χ3v) is 9.17. The summed E-state index contributed by atoms with van der Waals surface area (Å²) in [5, 5.41) is 40.4. The average molecular weight is 491 g/mol. The summed E-state index contributed by atoms with van der Waals surface area (Å²) in [5.41, 5.74) is 2.79. The molecule has 0 unspecified atom stereocenters. The van der Waals surface area contributed by atoms with Crippen molar-refractivity contribution in [1.29, 1.82) is 0 Å². The third kappa shape index (κ3) is 6.87. The van der Waals surface area contributed by atoms with Gasteiger partial charge in [-0.25, -0.2) is 0 Å². The van der Waals surface area contributed by atoms with Gasteiger partial charge in [-0.05, 0) is 93.1 Å². The van der Waals surface area contributed by atoms with Crippen LogP contribution in [0.4, 0.5) is 0 Å². The number of hydrogen-bond donors (Lipinski definition) is 4. The van der Waals surface area contributed by atoms with E-state index >= 15 is 0 Å². The van der Waals surface area contributed by atoms with Crippen LogP contribution < -0.4 is 0 Å². The van der Waals surface area contributed by atoms with Crippen LogP contribution in [0, 0.1) is 23.2 Å². The van der Waals surface area contributed by atoms with Gasteiger partial charge < -0.3 is 25.2 Å². The van der Waals surface area contributed by atoms with Crippen LogP contribution >= 0.6 is 0 Å². The highest BCUT2D eigenvalue weighted by Gasteiger charge is 2.50. The number of aliphatic hydroxyl groups is 4. The largest absolute Gasteiger partial charge is 0.396 e. The molecule has 200 valence electrons. The van der Waals surface area contributed by atoms with E-state index in [1.807, 2.05) is 13.8 Å². The molecule has 0 aromatic carbocycles. The highest BCUT2D eigenvalue weighted by molar-refractivity contribution is 5.40. The van der Waals surface area contributed by atoms with Gasteiger partial charge >= 0.3 is 0 Å². The van der Waals surface area contributed by atoms with Crippen molar-refractivity contribution >= 4 is 0 Å². The highest BCUT2D eigenvalue weighted by atomic mass is 16.5. The second-order valence-corrected chi connectivity index (χ2v) is 12.4. The van der Waals surface area contributed by atoms with E-state index in [9.17, 15) is 15.3 Å². The Morgan fingerprint density at radius 1 is 1.20 bits per heavy atom. The fourth-order valence-corrected chi connectivity index (χ4v) is 7.21. The van der Waals surface area contributed by atoms with Gasteiger partial charge in [-0.3, -0.25) is 0 Å². The van der Waals surface area contributed by atoms with Crippen LogP contribution in [0.25, 0.3) is 0 Å². The van der Waals surface area contributed by atoms with Crippen molar-refractivity contribution in [3.05, 3.63) is 35.5 Å². The molecule has 3 aliphatic rings. The lowest BCUT2D eigenvalue weighted by Gasteiger charge is -2.44. The van der Waals surface area contributed by atoms with E-state index < -0.39 is 23.9 Å². The molecular weight excluding hydrogens is 440 g/mol. The van der Waals surface area contributed by atoms with Crippen LogP contribution in [0.5, 0.6) is 0 Å². The zero-order chi connectivity index (χ0) is 25.8. The number of allylic oxidation sites excluding steroid dienone is 3. The van der Waals surface area contributed by atoms with Gasteiger partial charge in [0.25, 0.3) is 0 Å². The molecule has 0 radical (unpaired) electrons. The van der Waals surface area contributed by atoms with Crippen molar-refractivity contribution in [2.45, 2.75) is 116 Å². The molecule has 4 N–H and O–H groups in total. The molecule has 5 nitrogen and oxygen atoms in total. The molecule has 0 aromatic rings. The quantitative estimate of drug-likeness (QED) is 0.321. The number of rotatable bonds is 10. The van der Waals surface area contributed by atoms with Gasteiger partial charge in [0.1, 0.15) is 12.2 Å². The van der Waals surface area contributed by atoms with Gasteiger partial charge in [0.2, 0.25) is 0 Å². The Labute approximate surface area is 213 Å². The maximum atomic E-state index is 10.7. The van der Waals surface area contributed by atoms with Gasteiger partial charge in [-0.15, -0.1) is 0 Å². The first-order chi connectivity index (χ1) is 16.5. The van der Waals surface area contributed by atoms with Crippen LogP contribution in [0.15, 0.2) is 35.5 Å². The molecule has 0 spiro atoms. The van der Waals surface area contributed by atoms with Gasteiger partial charge in [0.05, 0.1) is 11.7 Å². The lowest BCUT2D eigenvalue weighted by molar-refractivity contribution is -0.0968. The van der Waals surface area contributed by atoms with Gasteiger partial charge in [-0.1, -0.05) is 51.0 Å². The summed E-state index contributed by atoms with van der Waals surface area (Å²) >= 11 is 0. The summed E-state index contributed by atoms with van der Waals surface area (Å²) < 4.78 is 5.63. The topological polar surface area (TPSA) is 90.2 Å². The SMILES string of the molecule is C=C1C(=C/C=C2\CCC[C@]3(C)[C@@H]([C@H](C)CCCC(C)(C)O)CC[C@@H]23)C[C@H](O)[C@H](OCCCO)[C@H]1O. The molecule has 0 bridgehead atoms. The smallest absolute Gasteiger partial charge is 0.114 e. The van der Waals surface area contributed by atoms with Gasteiger partial charge in [0, 0.05) is 19.6 Å². The van der Waals surface area contributed by atoms with E-state index in [1.54, 1.807) is 0 Å². The molecule has 0 amide bonds. The van der Waals surface area contributed by atoms with E-state index in [0.29, 0.717) is 42.3 Å². The van der Waals surface area contributed by atoms with Crippen molar-refractivity contribution in [3.63, 3.8) is 0 Å². The maximum absolute atomic E-state index is 10.7. The Balaban J connectivity index is 1.67. The third-order valence-electron chi connectivity index (χ3n) is 9.17. The fourth-order valence-electron chi connectivity index (χ4n) is 7.21. The molecule has 0 heterocycles.